The molecule has 0 saturated carbocycles. The van der Waals surface area contributed by atoms with Crippen molar-refractivity contribution in [1.82, 2.24) is 4.98 Å². The SMILES string of the molecule is CCCCCCC(=O)O.c1cc[nH]c1. The van der Waals surface area contributed by atoms with Crippen LogP contribution < -0.4 is 0 Å². The van der Waals surface area contributed by atoms with E-state index in [0.29, 0.717) is 6.42 Å². The third-order valence-corrected chi connectivity index (χ3v) is 1.74. The molecule has 1 aromatic heterocycles. The van der Waals surface area contributed by atoms with Gasteiger partial charge in [-0.15, -0.1) is 0 Å². The number of rotatable bonds is 5. The van der Waals surface area contributed by atoms with Crippen LogP contribution in [0.3, 0.4) is 0 Å². The van der Waals surface area contributed by atoms with E-state index in [2.05, 4.69) is 11.9 Å². The van der Waals surface area contributed by atoms with E-state index in [4.69, 9.17) is 5.11 Å². The third-order valence-electron chi connectivity index (χ3n) is 1.74. The van der Waals surface area contributed by atoms with Crippen LogP contribution in [0.15, 0.2) is 24.5 Å². The fourth-order valence-corrected chi connectivity index (χ4v) is 0.981. The number of carboxylic acids is 1. The van der Waals surface area contributed by atoms with Crippen LogP contribution in [-0.2, 0) is 4.79 Å². The van der Waals surface area contributed by atoms with Crippen LogP contribution in [0, 0.1) is 0 Å². The van der Waals surface area contributed by atoms with Gasteiger partial charge in [0.1, 0.15) is 0 Å². The third kappa shape index (κ3) is 10.8. The smallest absolute Gasteiger partial charge is 0.303 e. The Labute approximate surface area is 85.2 Å². The predicted octanol–water partition coefficient (Wildman–Crippen LogP) is 3.06. The zero-order chi connectivity index (χ0) is 10.6. The molecule has 1 aromatic rings. The van der Waals surface area contributed by atoms with Gasteiger partial charge in [-0.25, -0.2) is 0 Å². The normalized spacial score (nSPS) is 8.93. The number of hydrogen-bond donors (Lipinski definition) is 2. The molecule has 14 heavy (non-hydrogen) atoms. The molecule has 0 aliphatic carbocycles. The van der Waals surface area contributed by atoms with Crippen LogP contribution in [0.4, 0.5) is 0 Å². The lowest BCUT2D eigenvalue weighted by Crippen LogP contribution is -1.92. The van der Waals surface area contributed by atoms with E-state index < -0.39 is 5.97 Å². The Hall–Kier alpha value is -1.25. The van der Waals surface area contributed by atoms with E-state index in [-0.39, 0.29) is 0 Å². The first-order valence-electron chi connectivity index (χ1n) is 5.07. The summed E-state index contributed by atoms with van der Waals surface area (Å²) in [7, 11) is 0. The predicted molar refractivity (Wildman–Crippen MR) is 57.2 cm³/mol. The highest BCUT2D eigenvalue weighted by Crippen LogP contribution is 2.01. The molecule has 0 saturated heterocycles. The summed E-state index contributed by atoms with van der Waals surface area (Å²) in [5.41, 5.74) is 0. The number of nitrogens with one attached hydrogen (secondary N) is 1. The van der Waals surface area contributed by atoms with Gasteiger partial charge in [-0.1, -0.05) is 26.2 Å². The van der Waals surface area contributed by atoms with Crippen molar-refractivity contribution in [3.8, 4) is 0 Å². The van der Waals surface area contributed by atoms with Gasteiger partial charge in [-0.2, -0.15) is 0 Å². The molecule has 3 nitrogen and oxygen atoms in total. The number of carboxylic acid groups (broad SMARTS) is 1. The maximum atomic E-state index is 9.96. The van der Waals surface area contributed by atoms with Crippen LogP contribution in [0.2, 0.25) is 0 Å². The van der Waals surface area contributed by atoms with Gasteiger partial charge in [0, 0.05) is 18.8 Å². The molecular formula is C11H19NO2. The molecule has 0 fully saturated rings. The zero-order valence-corrected chi connectivity index (χ0v) is 8.70. The first-order valence-corrected chi connectivity index (χ1v) is 5.07. The number of carbonyl (C=O) groups is 1. The van der Waals surface area contributed by atoms with Gasteiger partial charge >= 0.3 is 5.97 Å². The molecule has 1 heterocycles. The largest absolute Gasteiger partial charge is 0.481 e. The molecule has 0 bridgehead atoms. The molecule has 0 atom stereocenters. The number of aromatic nitrogens is 1. The lowest BCUT2D eigenvalue weighted by atomic mass is 10.2. The highest BCUT2D eigenvalue weighted by atomic mass is 16.4. The van der Waals surface area contributed by atoms with Crippen LogP contribution in [0.1, 0.15) is 39.0 Å². The monoisotopic (exact) mass is 197 g/mol. The fraction of sp³-hybridized carbons (Fsp3) is 0.545. The average molecular weight is 197 g/mol. The number of aliphatic carboxylic acids is 1. The second-order valence-corrected chi connectivity index (χ2v) is 3.09. The molecule has 0 radical (unpaired) electrons. The Morgan fingerprint density at radius 1 is 1.21 bits per heavy atom. The summed E-state index contributed by atoms with van der Waals surface area (Å²) in [5, 5.41) is 8.21. The second kappa shape index (κ2) is 9.84. The number of unbranched alkanes of at least 4 members (excludes halogenated alkanes) is 3. The molecule has 0 unspecified atom stereocenters. The summed E-state index contributed by atoms with van der Waals surface area (Å²) in [4.78, 5) is 12.8. The van der Waals surface area contributed by atoms with E-state index in [9.17, 15) is 4.79 Å². The minimum absolute atomic E-state index is 0.333. The van der Waals surface area contributed by atoms with Crippen molar-refractivity contribution < 1.29 is 9.90 Å². The summed E-state index contributed by atoms with van der Waals surface area (Å²) in [6.07, 6.45) is 8.30. The summed E-state index contributed by atoms with van der Waals surface area (Å²) in [6.45, 7) is 2.11. The lowest BCUT2D eigenvalue weighted by Gasteiger charge is -1.92. The molecule has 0 spiro atoms. The van der Waals surface area contributed by atoms with Gasteiger partial charge in [0.2, 0.25) is 0 Å². The summed E-state index contributed by atoms with van der Waals surface area (Å²) in [5.74, 6) is -0.675. The molecule has 80 valence electrons. The van der Waals surface area contributed by atoms with Crippen molar-refractivity contribution in [3.05, 3.63) is 24.5 Å². The molecule has 2 N–H and O–H groups in total. The quantitative estimate of drug-likeness (QED) is 0.713. The fourth-order valence-electron chi connectivity index (χ4n) is 0.981. The van der Waals surface area contributed by atoms with Crippen molar-refractivity contribution in [2.24, 2.45) is 0 Å². The van der Waals surface area contributed by atoms with Crippen molar-refractivity contribution in [2.45, 2.75) is 39.0 Å². The van der Waals surface area contributed by atoms with Crippen molar-refractivity contribution in [3.63, 3.8) is 0 Å². The van der Waals surface area contributed by atoms with Crippen LogP contribution in [0.25, 0.3) is 0 Å². The van der Waals surface area contributed by atoms with Gasteiger partial charge in [0.05, 0.1) is 0 Å². The Bertz CT molecular complexity index is 190. The molecule has 1 rings (SSSR count). The van der Waals surface area contributed by atoms with Gasteiger partial charge in [-0.05, 0) is 18.6 Å². The molecule has 3 heteroatoms. The summed E-state index contributed by atoms with van der Waals surface area (Å²) >= 11 is 0. The number of H-pyrrole nitrogens is 1. The number of aromatic amines is 1. The van der Waals surface area contributed by atoms with Crippen LogP contribution in [0.5, 0.6) is 0 Å². The molecule has 0 aliphatic heterocycles. The van der Waals surface area contributed by atoms with Gasteiger partial charge in [0.15, 0.2) is 0 Å². The molecule has 0 aromatic carbocycles. The van der Waals surface area contributed by atoms with Gasteiger partial charge in [0.25, 0.3) is 0 Å². The average Bonchev–Trinajstić information content (AvgIpc) is 2.70. The van der Waals surface area contributed by atoms with Gasteiger partial charge in [-0.3, -0.25) is 4.79 Å². The van der Waals surface area contributed by atoms with Crippen molar-refractivity contribution >= 4 is 5.97 Å². The second-order valence-electron chi connectivity index (χ2n) is 3.09. The minimum Gasteiger partial charge on any atom is -0.481 e. The molecule has 0 aliphatic rings. The maximum Gasteiger partial charge on any atom is 0.303 e. The minimum atomic E-state index is -0.675. The first kappa shape index (κ1) is 12.8. The van der Waals surface area contributed by atoms with Crippen molar-refractivity contribution in [2.75, 3.05) is 0 Å². The van der Waals surface area contributed by atoms with E-state index in [0.717, 1.165) is 19.3 Å². The Balaban J connectivity index is 0.000000280. The summed E-state index contributed by atoms with van der Waals surface area (Å²) in [6, 6.07) is 3.89. The summed E-state index contributed by atoms with van der Waals surface area (Å²) < 4.78 is 0. The maximum absolute atomic E-state index is 9.96. The standard InChI is InChI=1S/C7H14O2.C4H5N/c1-2-3-4-5-6-7(8)9;1-2-4-5-3-1/h2-6H2,1H3,(H,8,9);1-5H. The molecule has 0 amide bonds. The number of hydrogen-bond acceptors (Lipinski definition) is 1. The van der Waals surface area contributed by atoms with E-state index in [1.165, 1.54) is 6.42 Å². The molecular weight excluding hydrogens is 178 g/mol. The van der Waals surface area contributed by atoms with E-state index in [1.807, 2.05) is 24.5 Å². The van der Waals surface area contributed by atoms with Crippen LogP contribution >= 0.6 is 0 Å². The Morgan fingerprint density at radius 2 is 1.86 bits per heavy atom. The topological polar surface area (TPSA) is 53.1 Å². The van der Waals surface area contributed by atoms with E-state index in [1.54, 1.807) is 0 Å². The lowest BCUT2D eigenvalue weighted by molar-refractivity contribution is -0.137. The Kier molecular flexibility index (Phi) is 8.96. The highest BCUT2D eigenvalue weighted by molar-refractivity contribution is 5.66. The Morgan fingerprint density at radius 3 is 2.21 bits per heavy atom. The highest BCUT2D eigenvalue weighted by Gasteiger charge is 1.93. The first-order chi connectivity index (χ1) is 6.77. The van der Waals surface area contributed by atoms with Crippen molar-refractivity contribution in [1.29, 1.82) is 0 Å². The van der Waals surface area contributed by atoms with Crippen LogP contribution in [-0.4, -0.2) is 16.1 Å². The van der Waals surface area contributed by atoms with E-state index >= 15 is 0 Å². The van der Waals surface area contributed by atoms with Gasteiger partial charge < -0.3 is 10.1 Å². The zero-order valence-electron chi connectivity index (χ0n) is 8.70.